The fourth-order valence-electron chi connectivity index (χ4n) is 3.75. The molecule has 1 amide bonds. The molecule has 4 rings (SSSR count). The van der Waals surface area contributed by atoms with Crippen molar-refractivity contribution in [3.05, 3.63) is 58.1 Å². The highest BCUT2D eigenvalue weighted by Crippen LogP contribution is 2.32. The molecule has 0 saturated carbocycles. The number of nitrogens with zero attached hydrogens (tertiary/aromatic N) is 2. The second-order valence-electron chi connectivity index (χ2n) is 7.10. The van der Waals surface area contributed by atoms with Gasteiger partial charge in [-0.25, -0.2) is 8.42 Å². The van der Waals surface area contributed by atoms with E-state index in [1.165, 1.54) is 16.4 Å². The largest absolute Gasteiger partial charge is 0.492 e. The fraction of sp³-hybridized carbons (Fsp3) is 0.350. The van der Waals surface area contributed by atoms with Crippen LogP contribution in [0.4, 0.5) is 0 Å². The van der Waals surface area contributed by atoms with Crippen LogP contribution in [0.25, 0.3) is 0 Å². The van der Waals surface area contributed by atoms with Gasteiger partial charge in [0, 0.05) is 26.2 Å². The number of hydrogen-bond acceptors (Lipinski definition) is 4. The number of carbonyl (C=O) groups is 1. The van der Waals surface area contributed by atoms with Gasteiger partial charge in [0.25, 0.3) is 0 Å². The first-order valence-electron chi connectivity index (χ1n) is 9.31. The molecule has 0 bridgehead atoms. The molecule has 2 aliphatic heterocycles. The number of ether oxygens (including phenoxy) is 1. The highest BCUT2D eigenvalue weighted by molar-refractivity contribution is 7.89. The zero-order chi connectivity index (χ0) is 20.6. The van der Waals surface area contributed by atoms with E-state index in [1.54, 1.807) is 11.0 Å². The molecule has 2 aromatic carbocycles. The van der Waals surface area contributed by atoms with Gasteiger partial charge in [0.05, 0.1) is 16.0 Å². The Morgan fingerprint density at radius 2 is 1.62 bits per heavy atom. The van der Waals surface area contributed by atoms with Crippen molar-refractivity contribution in [3.8, 4) is 5.75 Å². The van der Waals surface area contributed by atoms with Crippen LogP contribution in [0, 0.1) is 5.92 Å². The lowest BCUT2D eigenvalue weighted by atomic mass is 9.95. The summed E-state index contributed by atoms with van der Waals surface area (Å²) >= 11 is 12.2. The zero-order valence-corrected chi connectivity index (χ0v) is 17.9. The van der Waals surface area contributed by atoms with Gasteiger partial charge in [0.2, 0.25) is 15.9 Å². The second-order valence-corrected chi connectivity index (χ2v) is 9.79. The van der Waals surface area contributed by atoms with Crippen LogP contribution in [-0.4, -0.2) is 56.3 Å². The fourth-order valence-corrected chi connectivity index (χ4v) is 6.27. The van der Waals surface area contributed by atoms with E-state index in [4.69, 9.17) is 27.9 Å². The third-order valence-corrected chi connectivity index (χ3v) is 8.15. The van der Waals surface area contributed by atoms with Crippen LogP contribution in [0.2, 0.25) is 10.0 Å². The van der Waals surface area contributed by atoms with Gasteiger partial charge in [-0.3, -0.25) is 4.79 Å². The minimum absolute atomic E-state index is 0.00710. The number of halogens is 2. The molecule has 0 radical (unpaired) electrons. The second kappa shape index (κ2) is 8.14. The van der Waals surface area contributed by atoms with Crippen LogP contribution >= 0.6 is 23.2 Å². The number of fused-ring (bicyclic) bond motifs is 1. The number of sulfonamides is 1. The van der Waals surface area contributed by atoms with Gasteiger partial charge < -0.3 is 9.64 Å². The van der Waals surface area contributed by atoms with Crippen LogP contribution < -0.4 is 4.74 Å². The van der Waals surface area contributed by atoms with Crippen molar-refractivity contribution in [2.45, 2.75) is 11.3 Å². The van der Waals surface area contributed by atoms with Crippen LogP contribution in [0.15, 0.2) is 47.4 Å². The van der Waals surface area contributed by atoms with Crippen molar-refractivity contribution in [1.82, 2.24) is 9.21 Å². The molecule has 0 spiro atoms. The highest BCUT2D eigenvalue weighted by Gasteiger charge is 2.35. The van der Waals surface area contributed by atoms with Crippen molar-refractivity contribution in [1.29, 1.82) is 0 Å². The molecule has 9 heteroatoms. The van der Waals surface area contributed by atoms with Crippen molar-refractivity contribution in [2.24, 2.45) is 5.92 Å². The van der Waals surface area contributed by atoms with Crippen LogP contribution in [0.5, 0.6) is 5.75 Å². The molecule has 2 aliphatic rings. The Labute approximate surface area is 180 Å². The molecule has 1 saturated heterocycles. The molecule has 1 fully saturated rings. The molecule has 0 aromatic heterocycles. The quantitative estimate of drug-likeness (QED) is 0.714. The van der Waals surface area contributed by atoms with Gasteiger partial charge in [-0.1, -0.05) is 47.5 Å². The molecule has 0 N–H and O–H groups in total. The van der Waals surface area contributed by atoms with E-state index in [0.717, 1.165) is 11.3 Å². The Bertz CT molecular complexity index is 1020. The third-order valence-electron chi connectivity index (χ3n) is 5.30. The van der Waals surface area contributed by atoms with E-state index in [1.807, 2.05) is 24.3 Å². The van der Waals surface area contributed by atoms with E-state index in [9.17, 15) is 13.2 Å². The normalized spacial score (nSPS) is 20.1. The highest BCUT2D eigenvalue weighted by atomic mass is 35.5. The lowest BCUT2D eigenvalue weighted by Crippen LogP contribution is -2.53. The summed E-state index contributed by atoms with van der Waals surface area (Å²) in [4.78, 5) is 14.6. The number of rotatable bonds is 3. The zero-order valence-electron chi connectivity index (χ0n) is 15.6. The minimum Gasteiger partial charge on any atom is -0.492 e. The predicted octanol–water partition coefficient (Wildman–Crippen LogP) is 3.08. The monoisotopic (exact) mass is 454 g/mol. The summed E-state index contributed by atoms with van der Waals surface area (Å²) in [6, 6.07) is 12.3. The standard InChI is InChI=1S/C20H20Cl2N2O4S/c21-16-5-3-6-17(22)19(16)29(26,27)24-10-8-23(9-11-24)20(25)15-12-14-4-1-2-7-18(14)28-13-15/h1-7,15H,8-13H2. The SMILES string of the molecule is O=C(C1COc2ccccc2C1)N1CCN(S(=O)(=O)c2c(Cl)cccc2Cl)CC1. The molecule has 6 nitrogen and oxygen atoms in total. The van der Waals surface area contributed by atoms with Gasteiger partial charge in [0.15, 0.2) is 0 Å². The van der Waals surface area contributed by atoms with Crippen molar-refractivity contribution < 1.29 is 17.9 Å². The minimum atomic E-state index is -3.83. The molecule has 1 atom stereocenters. The first-order valence-corrected chi connectivity index (χ1v) is 11.5. The Morgan fingerprint density at radius 3 is 2.31 bits per heavy atom. The summed E-state index contributed by atoms with van der Waals surface area (Å²) in [5.41, 5.74) is 1.02. The van der Waals surface area contributed by atoms with E-state index in [0.29, 0.717) is 26.1 Å². The molecule has 2 aromatic rings. The number of para-hydroxylation sites is 1. The molecule has 1 unspecified atom stereocenters. The maximum absolute atomic E-state index is 13.0. The smallest absolute Gasteiger partial charge is 0.246 e. The number of benzene rings is 2. The number of piperazine rings is 1. The molecular formula is C20H20Cl2N2O4S. The van der Waals surface area contributed by atoms with Crippen LogP contribution in [0.1, 0.15) is 5.56 Å². The van der Waals surface area contributed by atoms with Crippen LogP contribution in [0.3, 0.4) is 0 Å². The Balaban J connectivity index is 1.43. The summed E-state index contributed by atoms with van der Waals surface area (Å²) in [6.45, 7) is 1.36. The summed E-state index contributed by atoms with van der Waals surface area (Å²) in [7, 11) is -3.83. The van der Waals surface area contributed by atoms with E-state index in [2.05, 4.69) is 0 Å². The summed E-state index contributed by atoms with van der Waals surface area (Å²) in [5.74, 6) is 0.558. The van der Waals surface area contributed by atoms with Crippen molar-refractivity contribution >= 4 is 39.1 Å². The molecule has 2 heterocycles. The van der Waals surface area contributed by atoms with Gasteiger partial charge in [0.1, 0.15) is 17.3 Å². The summed E-state index contributed by atoms with van der Waals surface area (Å²) in [5, 5.41) is 0.183. The van der Waals surface area contributed by atoms with Crippen LogP contribution in [-0.2, 0) is 21.2 Å². The Morgan fingerprint density at radius 1 is 0.966 bits per heavy atom. The predicted molar refractivity (Wildman–Crippen MR) is 111 cm³/mol. The Hall–Kier alpha value is -1.80. The molecular weight excluding hydrogens is 435 g/mol. The third kappa shape index (κ3) is 3.97. The van der Waals surface area contributed by atoms with Crippen molar-refractivity contribution in [3.63, 3.8) is 0 Å². The number of hydrogen-bond donors (Lipinski definition) is 0. The first-order chi connectivity index (χ1) is 13.9. The first kappa shape index (κ1) is 20.5. The number of carbonyl (C=O) groups excluding carboxylic acids is 1. The maximum Gasteiger partial charge on any atom is 0.246 e. The Kier molecular flexibility index (Phi) is 5.75. The molecule has 154 valence electrons. The van der Waals surface area contributed by atoms with E-state index >= 15 is 0 Å². The van der Waals surface area contributed by atoms with E-state index in [-0.39, 0.29) is 39.9 Å². The average molecular weight is 455 g/mol. The van der Waals surface area contributed by atoms with Gasteiger partial charge in [-0.15, -0.1) is 0 Å². The molecule has 0 aliphatic carbocycles. The molecule has 29 heavy (non-hydrogen) atoms. The van der Waals surface area contributed by atoms with Gasteiger partial charge in [-0.05, 0) is 30.2 Å². The van der Waals surface area contributed by atoms with Crippen molar-refractivity contribution in [2.75, 3.05) is 32.8 Å². The topological polar surface area (TPSA) is 66.9 Å². The van der Waals surface area contributed by atoms with Gasteiger partial charge in [-0.2, -0.15) is 4.31 Å². The van der Waals surface area contributed by atoms with E-state index < -0.39 is 10.0 Å². The average Bonchev–Trinajstić information content (AvgIpc) is 2.72. The summed E-state index contributed by atoms with van der Waals surface area (Å²) in [6.07, 6.45) is 0.628. The maximum atomic E-state index is 13.0. The number of amides is 1. The van der Waals surface area contributed by atoms with Gasteiger partial charge >= 0.3 is 0 Å². The lowest BCUT2D eigenvalue weighted by molar-refractivity contribution is -0.138. The lowest BCUT2D eigenvalue weighted by Gasteiger charge is -2.36. The summed E-state index contributed by atoms with van der Waals surface area (Å²) < 4.78 is 33.0.